The Bertz CT molecular complexity index is 445. The van der Waals surface area contributed by atoms with Crippen LogP contribution in [0.15, 0.2) is 30.3 Å². The summed E-state index contributed by atoms with van der Waals surface area (Å²) in [6.07, 6.45) is -1.62. The quantitative estimate of drug-likeness (QED) is 0.732. The van der Waals surface area contributed by atoms with Gasteiger partial charge in [0.25, 0.3) is 0 Å². The molecule has 0 saturated heterocycles. The Morgan fingerprint density at radius 1 is 1.28 bits per heavy atom. The summed E-state index contributed by atoms with van der Waals surface area (Å²) in [6.45, 7) is 3.77. The van der Waals surface area contributed by atoms with E-state index in [1.807, 2.05) is 13.8 Å². The smallest absolute Gasteiger partial charge is 0.295 e. The number of carbonyl (C=O) groups is 1. The summed E-state index contributed by atoms with van der Waals surface area (Å²) in [7, 11) is 0. The van der Waals surface area contributed by atoms with E-state index in [9.17, 15) is 18.0 Å². The highest BCUT2D eigenvalue weighted by Gasteiger charge is 2.32. The normalized spacial score (nSPS) is 12.3. The molecular weight excluding hydrogens is 241 g/mol. The average Bonchev–Trinajstić information content (AvgIpc) is 2.24. The third kappa shape index (κ3) is 4.35. The zero-order chi connectivity index (χ0) is 13.8. The average molecular weight is 256 g/mol. The van der Waals surface area contributed by atoms with Gasteiger partial charge >= 0.3 is 6.18 Å². The molecule has 0 aliphatic heterocycles. The molecule has 0 saturated carbocycles. The first-order chi connectivity index (χ1) is 8.30. The van der Waals surface area contributed by atoms with E-state index < -0.39 is 11.7 Å². The first-order valence-corrected chi connectivity index (χ1v) is 5.68. The lowest BCUT2D eigenvalue weighted by Gasteiger charge is -2.09. The molecule has 0 N–H and O–H groups in total. The third-order valence-corrected chi connectivity index (χ3v) is 2.32. The summed E-state index contributed by atoms with van der Waals surface area (Å²) >= 11 is 0. The number of carbonyl (C=O) groups excluding carboxylic acids is 1. The fourth-order valence-corrected chi connectivity index (χ4v) is 1.55. The van der Waals surface area contributed by atoms with Gasteiger partial charge in [0.2, 0.25) is 0 Å². The first kappa shape index (κ1) is 14.5. The number of hydrogen-bond donors (Lipinski definition) is 0. The van der Waals surface area contributed by atoms with E-state index in [1.54, 1.807) is 0 Å². The molecule has 1 nitrogen and oxygen atoms in total. The highest BCUT2D eigenvalue weighted by molar-refractivity contribution is 5.93. The molecule has 0 unspecified atom stereocenters. The molecule has 18 heavy (non-hydrogen) atoms. The molecule has 0 radical (unpaired) electrons. The fraction of sp³-hybridized carbons (Fsp3) is 0.357. The van der Waals surface area contributed by atoms with E-state index in [1.165, 1.54) is 30.4 Å². The molecule has 98 valence electrons. The van der Waals surface area contributed by atoms with Crippen LogP contribution in [-0.4, -0.2) is 5.78 Å². The van der Waals surface area contributed by atoms with Crippen molar-refractivity contribution in [1.82, 2.24) is 0 Å². The Morgan fingerprint density at radius 3 is 2.44 bits per heavy atom. The van der Waals surface area contributed by atoms with Gasteiger partial charge in [-0.05, 0) is 23.6 Å². The highest BCUT2D eigenvalue weighted by atomic mass is 19.4. The molecule has 0 bridgehead atoms. The molecule has 0 aromatic heterocycles. The van der Waals surface area contributed by atoms with Gasteiger partial charge in [0.1, 0.15) is 0 Å². The fourth-order valence-electron chi connectivity index (χ4n) is 1.55. The molecule has 0 fully saturated rings. The molecule has 0 aliphatic carbocycles. The van der Waals surface area contributed by atoms with Crippen molar-refractivity contribution in [2.75, 3.05) is 0 Å². The molecule has 1 aromatic rings. The molecule has 0 spiro atoms. The molecule has 0 heterocycles. The Balaban J connectivity index is 2.91. The Hall–Kier alpha value is -1.58. The molecule has 1 aromatic carbocycles. The van der Waals surface area contributed by atoms with E-state index in [2.05, 4.69) is 0 Å². The van der Waals surface area contributed by atoms with Gasteiger partial charge in [0, 0.05) is 6.42 Å². The molecule has 0 atom stereocenters. The molecule has 0 amide bonds. The Labute approximate surface area is 104 Å². The van der Waals surface area contributed by atoms with Crippen molar-refractivity contribution in [2.45, 2.75) is 26.4 Å². The molecule has 4 heteroatoms. The van der Waals surface area contributed by atoms with Gasteiger partial charge in [-0.2, -0.15) is 13.2 Å². The SMILES string of the molecule is CC(C)CC(=O)/C=C/c1ccccc1C(F)(F)F. The van der Waals surface area contributed by atoms with Gasteiger partial charge in [-0.3, -0.25) is 4.79 Å². The number of hydrogen-bond acceptors (Lipinski definition) is 1. The monoisotopic (exact) mass is 256 g/mol. The van der Waals surface area contributed by atoms with Crippen molar-refractivity contribution in [2.24, 2.45) is 5.92 Å². The predicted octanol–water partition coefficient (Wildman–Crippen LogP) is 4.33. The van der Waals surface area contributed by atoms with E-state index in [0.29, 0.717) is 6.42 Å². The molecule has 1 rings (SSSR count). The lowest BCUT2D eigenvalue weighted by Crippen LogP contribution is -2.07. The first-order valence-electron chi connectivity index (χ1n) is 5.68. The number of halogens is 3. The number of alkyl halides is 3. The van der Waals surface area contributed by atoms with E-state index in [4.69, 9.17) is 0 Å². The van der Waals surface area contributed by atoms with Crippen molar-refractivity contribution in [3.63, 3.8) is 0 Å². The van der Waals surface area contributed by atoms with Crippen molar-refractivity contribution in [3.05, 3.63) is 41.5 Å². The van der Waals surface area contributed by atoms with E-state index >= 15 is 0 Å². The van der Waals surface area contributed by atoms with Crippen molar-refractivity contribution in [1.29, 1.82) is 0 Å². The largest absolute Gasteiger partial charge is 0.416 e. The van der Waals surface area contributed by atoms with Crippen LogP contribution in [0.2, 0.25) is 0 Å². The second-order valence-corrected chi connectivity index (χ2v) is 4.48. The van der Waals surface area contributed by atoms with Crippen LogP contribution in [0.5, 0.6) is 0 Å². The third-order valence-electron chi connectivity index (χ3n) is 2.32. The zero-order valence-corrected chi connectivity index (χ0v) is 10.3. The van der Waals surface area contributed by atoms with Crippen LogP contribution in [-0.2, 0) is 11.0 Å². The summed E-state index contributed by atoms with van der Waals surface area (Å²) in [5, 5.41) is 0. The van der Waals surface area contributed by atoms with Crippen LogP contribution in [0.1, 0.15) is 31.4 Å². The van der Waals surface area contributed by atoms with E-state index in [-0.39, 0.29) is 17.3 Å². The van der Waals surface area contributed by atoms with Gasteiger partial charge in [-0.15, -0.1) is 0 Å². The number of benzene rings is 1. The van der Waals surface area contributed by atoms with Crippen LogP contribution in [0.25, 0.3) is 6.08 Å². The zero-order valence-electron chi connectivity index (χ0n) is 10.3. The summed E-state index contributed by atoms with van der Waals surface area (Å²) in [5.74, 6) is 0.0296. The lowest BCUT2D eigenvalue weighted by molar-refractivity contribution is -0.137. The maximum atomic E-state index is 12.7. The Morgan fingerprint density at radius 2 is 1.89 bits per heavy atom. The highest BCUT2D eigenvalue weighted by Crippen LogP contribution is 2.32. The van der Waals surface area contributed by atoms with Crippen LogP contribution < -0.4 is 0 Å². The van der Waals surface area contributed by atoms with Crippen LogP contribution in [0.3, 0.4) is 0 Å². The topological polar surface area (TPSA) is 17.1 Å². The minimum atomic E-state index is -4.40. The summed E-state index contributed by atoms with van der Waals surface area (Å²) in [6, 6.07) is 5.20. The maximum absolute atomic E-state index is 12.7. The minimum Gasteiger partial charge on any atom is -0.295 e. The van der Waals surface area contributed by atoms with Gasteiger partial charge < -0.3 is 0 Å². The second kappa shape index (κ2) is 5.85. The number of ketones is 1. The summed E-state index contributed by atoms with van der Waals surface area (Å²) in [4.78, 5) is 11.4. The molecular formula is C14H15F3O. The van der Waals surface area contributed by atoms with Crippen LogP contribution >= 0.6 is 0 Å². The standard InChI is InChI=1S/C14H15F3O/c1-10(2)9-12(18)8-7-11-5-3-4-6-13(11)14(15,16)17/h3-8,10H,9H2,1-2H3/b8-7+. The Kier molecular flexibility index (Phi) is 4.70. The van der Waals surface area contributed by atoms with Crippen LogP contribution in [0.4, 0.5) is 13.2 Å². The van der Waals surface area contributed by atoms with Crippen molar-refractivity contribution >= 4 is 11.9 Å². The maximum Gasteiger partial charge on any atom is 0.416 e. The van der Waals surface area contributed by atoms with Crippen LogP contribution in [0, 0.1) is 5.92 Å². The van der Waals surface area contributed by atoms with Gasteiger partial charge in [-0.25, -0.2) is 0 Å². The molecule has 0 aliphatic rings. The van der Waals surface area contributed by atoms with Gasteiger partial charge in [0.15, 0.2) is 5.78 Å². The predicted molar refractivity (Wildman–Crippen MR) is 64.9 cm³/mol. The van der Waals surface area contributed by atoms with Gasteiger partial charge in [-0.1, -0.05) is 38.1 Å². The number of rotatable bonds is 4. The minimum absolute atomic E-state index is 0.0158. The second-order valence-electron chi connectivity index (χ2n) is 4.48. The van der Waals surface area contributed by atoms with Crippen molar-refractivity contribution < 1.29 is 18.0 Å². The number of allylic oxidation sites excluding steroid dienone is 1. The summed E-state index contributed by atoms with van der Waals surface area (Å²) in [5.41, 5.74) is -0.708. The summed E-state index contributed by atoms with van der Waals surface area (Å²) < 4.78 is 38.0. The lowest BCUT2D eigenvalue weighted by atomic mass is 10.0. The van der Waals surface area contributed by atoms with Crippen molar-refractivity contribution in [3.8, 4) is 0 Å². The van der Waals surface area contributed by atoms with E-state index in [0.717, 1.165) is 6.07 Å². The van der Waals surface area contributed by atoms with Gasteiger partial charge in [0.05, 0.1) is 5.56 Å².